The van der Waals surface area contributed by atoms with Crippen LogP contribution in [0.2, 0.25) is 5.02 Å². The molecular weight excluding hydrogens is 268 g/mol. The van der Waals surface area contributed by atoms with E-state index in [4.69, 9.17) is 17.4 Å². The zero-order valence-corrected chi connectivity index (χ0v) is 12.9. The van der Waals surface area contributed by atoms with Crippen LogP contribution in [-0.4, -0.2) is 0 Å². The molecule has 20 heavy (non-hydrogen) atoms. The van der Waals surface area contributed by atoms with Crippen LogP contribution in [0.1, 0.15) is 48.1 Å². The Morgan fingerprint density at radius 2 is 1.60 bits per heavy atom. The van der Waals surface area contributed by atoms with E-state index in [1.54, 1.807) is 0 Å². The molecule has 3 heteroatoms. The van der Waals surface area contributed by atoms with Crippen molar-refractivity contribution >= 4 is 11.6 Å². The van der Waals surface area contributed by atoms with Crippen LogP contribution >= 0.6 is 11.6 Å². The second-order valence-electron chi connectivity index (χ2n) is 5.42. The predicted octanol–water partition coefficient (Wildman–Crippen LogP) is 4.32. The van der Waals surface area contributed by atoms with Gasteiger partial charge < -0.3 is 0 Å². The van der Waals surface area contributed by atoms with Crippen molar-refractivity contribution in [3.8, 4) is 0 Å². The number of rotatable bonds is 4. The summed E-state index contributed by atoms with van der Waals surface area (Å²) in [6.45, 7) is 6.43. The lowest BCUT2D eigenvalue weighted by Gasteiger charge is -2.20. The normalized spacial score (nSPS) is 12.7. The highest BCUT2D eigenvalue weighted by Gasteiger charge is 2.15. The third kappa shape index (κ3) is 3.21. The number of aryl methyl sites for hydroxylation is 1. The molecule has 0 aliphatic rings. The van der Waals surface area contributed by atoms with Crippen LogP contribution in [0.4, 0.5) is 0 Å². The summed E-state index contributed by atoms with van der Waals surface area (Å²) in [5, 5.41) is 0.747. The standard InChI is InChI=1S/C17H21ClN2/c1-11(2)13-4-6-14(7-5-13)17(20-19)16-9-8-15(18)10-12(16)3/h4-11,17,20H,19H2,1-3H3. The van der Waals surface area contributed by atoms with Crippen molar-refractivity contribution in [3.05, 3.63) is 69.7 Å². The number of halogens is 1. The molecule has 0 saturated carbocycles. The Bertz CT molecular complexity index is 576. The molecule has 2 aromatic rings. The van der Waals surface area contributed by atoms with Gasteiger partial charge in [-0.15, -0.1) is 0 Å². The largest absolute Gasteiger partial charge is 0.271 e. The lowest BCUT2D eigenvalue weighted by molar-refractivity contribution is 0.633. The molecule has 0 aliphatic carbocycles. The second-order valence-corrected chi connectivity index (χ2v) is 5.86. The average molecular weight is 289 g/mol. The summed E-state index contributed by atoms with van der Waals surface area (Å²) in [7, 11) is 0. The molecule has 0 aromatic heterocycles. The molecule has 0 amide bonds. The van der Waals surface area contributed by atoms with Gasteiger partial charge in [-0.2, -0.15) is 0 Å². The molecule has 0 spiro atoms. The molecule has 2 rings (SSSR count). The van der Waals surface area contributed by atoms with Gasteiger partial charge in [-0.25, -0.2) is 5.43 Å². The SMILES string of the molecule is Cc1cc(Cl)ccc1C(NN)c1ccc(C(C)C)cc1. The zero-order valence-electron chi connectivity index (χ0n) is 12.2. The Morgan fingerprint density at radius 1 is 1.00 bits per heavy atom. The summed E-state index contributed by atoms with van der Waals surface area (Å²) in [6, 6.07) is 14.5. The summed E-state index contributed by atoms with van der Waals surface area (Å²) < 4.78 is 0. The topological polar surface area (TPSA) is 38.0 Å². The first-order chi connectivity index (χ1) is 9.52. The first-order valence-corrected chi connectivity index (χ1v) is 7.22. The van der Waals surface area contributed by atoms with Crippen molar-refractivity contribution in [2.24, 2.45) is 5.84 Å². The molecular formula is C17H21ClN2. The fourth-order valence-corrected chi connectivity index (χ4v) is 2.63. The predicted molar refractivity (Wildman–Crippen MR) is 85.9 cm³/mol. The minimum Gasteiger partial charge on any atom is -0.271 e. The van der Waals surface area contributed by atoms with Gasteiger partial charge in [0.15, 0.2) is 0 Å². The van der Waals surface area contributed by atoms with Crippen molar-refractivity contribution in [1.82, 2.24) is 5.43 Å². The van der Waals surface area contributed by atoms with E-state index in [0.717, 1.165) is 21.7 Å². The average Bonchev–Trinajstić information content (AvgIpc) is 2.42. The maximum absolute atomic E-state index is 6.01. The minimum absolute atomic E-state index is 0.0199. The minimum atomic E-state index is -0.0199. The summed E-state index contributed by atoms with van der Waals surface area (Å²) in [6.07, 6.45) is 0. The summed E-state index contributed by atoms with van der Waals surface area (Å²) in [5.74, 6) is 6.29. The first-order valence-electron chi connectivity index (χ1n) is 6.85. The smallest absolute Gasteiger partial charge is 0.0712 e. The van der Waals surface area contributed by atoms with Crippen LogP contribution in [0.25, 0.3) is 0 Å². The summed E-state index contributed by atoms with van der Waals surface area (Å²) in [4.78, 5) is 0. The van der Waals surface area contributed by atoms with Gasteiger partial charge in [0.1, 0.15) is 0 Å². The van der Waals surface area contributed by atoms with Gasteiger partial charge in [-0.05, 0) is 47.2 Å². The highest BCUT2D eigenvalue weighted by molar-refractivity contribution is 6.30. The van der Waals surface area contributed by atoms with E-state index >= 15 is 0 Å². The summed E-state index contributed by atoms with van der Waals surface area (Å²) in [5.41, 5.74) is 7.67. The quantitative estimate of drug-likeness (QED) is 0.649. The maximum Gasteiger partial charge on any atom is 0.0712 e. The van der Waals surface area contributed by atoms with E-state index in [9.17, 15) is 0 Å². The third-order valence-corrected chi connectivity index (χ3v) is 3.88. The molecule has 0 saturated heterocycles. The van der Waals surface area contributed by atoms with E-state index in [-0.39, 0.29) is 6.04 Å². The lowest BCUT2D eigenvalue weighted by Crippen LogP contribution is -2.29. The molecule has 0 fully saturated rings. The fraction of sp³-hybridized carbons (Fsp3) is 0.294. The van der Waals surface area contributed by atoms with Crippen LogP contribution < -0.4 is 11.3 Å². The van der Waals surface area contributed by atoms with Gasteiger partial charge >= 0.3 is 0 Å². The van der Waals surface area contributed by atoms with E-state index in [1.807, 2.05) is 25.1 Å². The molecule has 0 radical (unpaired) electrons. The zero-order chi connectivity index (χ0) is 14.7. The summed E-state index contributed by atoms with van der Waals surface area (Å²) >= 11 is 6.01. The highest BCUT2D eigenvalue weighted by atomic mass is 35.5. The van der Waals surface area contributed by atoms with E-state index < -0.39 is 0 Å². The van der Waals surface area contributed by atoms with Crippen molar-refractivity contribution in [1.29, 1.82) is 0 Å². The Labute approximate surface area is 125 Å². The van der Waals surface area contributed by atoms with Crippen LogP contribution in [-0.2, 0) is 0 Å². The molecule has 0 heterocycles. The Kier molecular flexibility index (Phi) is 4.81. The molecule has 3 N–H and O–H groups in total. The third-order valence-electron chi connectivity index (χ3n) is 3.65. The Balaban J connectivity index is 2.36. The van der Waals surface area contributed by atoms with Gasteiger partial charge in [0, 0.05) is 5.02 Å². The maximum atomic E-state index is 6.01. The number of hydrogen-bond acceptors (Lipinski definition) is 2. The number of hydrogen-bond donors (Lipinski definition) is 2. The van der Waals surface area contributed by atoms with E-state index in [1.165, 1.54) is 5.56 Å². The van der Waals surface area contributed by atoms with Gasteiger partial charge in [0.25, 0.3) is 0 Å². The van der Waals surface area contributed by atoms with Crippen LogP contribution in [0, 0.1) is 6.92 Å². The lowest BCUT2D eigenvalue weighted by atomic mass is 9.93. The number of hydrazine groups is 1. The Hall–Kier alpha value is -1.35. The van der Waals surface area contributed by atoms with E-state index in [0.29, 0.717) is 5.92 Å². The second kappa shape index (κ2) is 6.40. The molecule has 106 valence electrons. The van der Waals surface area contributed by atoms with Gasteiger partial charge in [0.2, 0.25) is 0 Å². The van der Waals surface area contributed by atoms with Crippen molar-refractivity contribution in [2.45, 2.75) is 32.7 Å². The molecule has 2 aromatic carbocycles. The van der Waals surface area contributed by atoms with Gasteiger partial charge in [0.05, 0.1) is 6.04 Å². The van der Waals surface area contributed by atoms with Crippen LogP contribution in [0.5, 0.6) is 0 Å². The number of nitrogens with two attached hydrogens (primary N) is 1. The number of benzene rings is 2. The van der Waals surface area contributed by atoms with Gasteiger partial charge in [-0.1, -0.05) is 55.8 Å². The molecule has 0 bridgehead atoms. The highest BCUT2D eigenvalue weighted by Crippen LogP contribution is 2.27. The van der Waals surface area contributed by atoms with Crippen LogP contribution in [0.3, 0.4) is 0 Å². The van der Waals surface area contributed by atoms with E-state index in [2.05, 4.69) is 43.5 Å². The molecule has 1 atom stereocenters. The Morgan fingerprint density at radius 3 is 2.10 bits per heavy atom. The van der Waals surface area contributed by atoms with Crippen molar-refractivity contribution < 1.29 is 0 Å². The molecule has 2 nitrogen and oxygen atoms in total. The van der Waals surface area contributed by atoms with Gasteiger partial charge in [-0.3, -0.25) is 5.84 Å². The number of nitrogens with one attached hydrogen (secondary N) is 1. The monoisotopic (exact) mass is 288 g/mol. The van der Waals surface area contributed by atoms with Crippen molar-refractivity contribution in [3.63, 3.8) is 0 Å². The molecule has 1 unspecified atom stereocenters. The van der Waals surface area contributed by atoms with Crippen molar-refractivity contribution in [2.75, 3.05) is 0 Å². The molecule has 0 aliphatic heterocycles. The van der Waals surface area contributed by atoms with Crippen LogP contribution in [0.15, 0.2) is 42.5 Å². The first kappa shape index (κ1) is 15.0. The fourth-order valence-electron chi connectivity index (χ4n) is 2.40.